The second-order valence-electron chi connectivity index (χ2n) is 6.23. The van der Waals surface area contributed by atoms with E-state index < -0.39 is 16.3 Å². The van der Waals surface area contributed by atoms with E-state index in [0.717, 1.165) is 5.69 Å². The van der Waals surface area contributed by atoms with Crippen LogP contribution in [-0.2, 0) is 0 Å². The Bertz CT molecular complexity index is 1080. The number of carbonyl (C=O) groups is 1. The Morgan fingerprint density at radius 3 is 2.45 bits per heavy atom. The molecular weight excluding hydrogens is 374 g/mol. The van der Waals surface area contributed by atoms with Crippen molar-refractivity contribution in [2.45, 2.75) is 6.92 Å². The number of benzene rings is 2. The van der Waals surface area contributed by atoms with Crippen molar-refractivity contribution in [1.29, 1.82) is 0 Å². The molecule has 0 bridgehead atoms. The van der Waals surface area contributed by atoms with Crippen molar-refractivity contribution in [3.05, 3.63) is 92.4 Å². The summed E-state index contributed by atoms with van der Waals surface area (Å²) in [5.74, 6) is -0.565. The van der Waals surface area contributed by atoms with Gasteiger partial charge in [0.25, 0.3) is 11.6 Å². The van der Waals surface area contributed by atoms with Crippen molar-refractivity contribution in [2.75, 3.05) is 18.4 Å². The van der Waals surface area contributed by atoms with Gasteiger partial charge < -0.3 is 10.6 Å². The van der Waals surface area contributed by atoms with E-state index in [4.69, 9.17) is 0 Å². The Kier molecular flexibility index (Phi) is 5.98. The molecule has 0 unspecified atom stereocenters. The summed E-state index contributed by atoms with van der Waals surface area (Å²) in [6.07, 6.45) is 0. The number of anilines is 1. The first kappa shape index (κ1) is 19.7. The first-order chi connectivity index (χ1) is 14.0. The van der Waals surface area contributed by atoms with E-state index in [1.54, 1.807) is 23.7 Å². The molecule has 1 amide bonds. The maximum Gasteiger partial charge on any atom is 0.275 e. The molecule has 29 heavy (non-hydrogen) atoms. The SMILES string of the molecule is Cc1cc(=O)c(C(=O)NCCNc2ccc([N+](=O)[O-])cc2)nn1-c1ccccc1. The minimum absolute atomic E-state index is 0.00370. The molecule has 0 aliphatic rings. The molecule has 148 valence electrons. The molecule has 0 saturated carbocycles. The number of nitro benzene ring substituents is 1. The van der Waals surface area contributed by atoms with Crippen molar-refractivity contribution < 1.29 is 9.72 Å². The summed E-state index contributed by atoms with van der Waals surface area (Å²) in [6.45, 7) is 2.37. The quantitative estimate of drug-likeness (QED) is 0.361. The zero-order valence-electron chi connectivity index (χ0n) is 15.7. The van der Waals surface area contributed by atoms with Gasteiger partial charge in [-0.05, 0) is 31.2 Å². The van der Waals surface area contributed by atoms with Crippen molar-refractivity contribution in [3.63, 3.8) is 0 Å². The monoisotopic (exact) mass is 393 g/mol. The maximum atomic E-state index is 12.4. The normalized spacial score (nSPS) is 10.4. The molecule has 3 aromatic rings. The number of nitrogens with zero attached hydrogens (tertiary/aromatic N) is 3. The smallest absolute Gasteiger partial charge is 0.275 e. The molecule has 2 N–H and O–H groups in total. The number of aromatic nitrogens is 2. The van der Waals surface area contributed by atoms with Crippen molar-refractivity contribution in [1.82, 2.24) is 15.1 Å². The van der Waals surface area contributed by atoms with Gasteiger partial charge in [0.05, 0.1) is 10.6 Å². The van der Waals surface area contributed by atoms with Gasteiger partial charge in [-0.15, -0.1) is 0 Å². The maximum absolute atomic E-state index is 12.4. The van der Waals surface area contributed by atoms with Gasteiger partial charge in [-0.25, -0.2) is 4.68 Å². The van der Waals surface area contributed by atoms with Gasteiger partial charge in [0.1, 0.15) is 0 Å². The van der Waals surface area contributed by atoms with Gasteiger partial charge in [-0.3, -0.25) is 19.7 Å². The van der Waals surface area contributed by atoms with Crippen LogP contribution >= 0.6 is 0 Å². The van der Waals surface area contributed by atoms with Crippen LogP contribution in [0.25, 0.3) is 5.69 Å². The minimum atomic E-state index is -0.565. The second kappa shape index (κ2) is 8.79. The van der Waals surface area contributed by atoms with Gasteiger partial charge in [0.15, 0.2) is 5.69 Å². The summed E-state index contributed by atoms with van der Waals surface area (Å²) in [4.78, 5) is 34.8. The molecule has 0 fully saturated rings. The molecule has 0 aliphatic carbocycles. The highest BCUT2D eigenvalue weighted by atomic mass is 16.6. The zero-order chi connectivity index (χ0) is 20.8. The van der Waals surface area contributed by atoms with Crippen LogP contribution in [0.15, 0.2) is 65.5 Å². The van der Waals surface area contributed by atoms with E-state index in [9.17, 15) is 19.7 Å². The molecule has 1 aromatic heterocycles. The van der Waals surface area contributed by atoms with Crippen molar-refractivity contribution >= 4 is 17.3 Å². The lowest BCUT2D eigenvalue weighted by atomic mass is 10.2. The molecular formula is C20H19N5O4. The average Bonchev–Trinajstić information content (AvgIpc) is 2.72. The van der Waals surface area contributed by atoms with Crippen LogP contribution in [0, 0.1) is 17.0 Å². The number of para-hydroxylation sites is 1. The summed E-state index contributed by atoms with van der Waals surface area (Å²) in [6, 6.07) is 16.6. The van der Waals surface area contributed by atoms with Crippen LogP contribution in [0.3, 0.4) is 0 Å². The molecule has 0 aliphatic heterocycles. The fourth-order valence-corrected chi connectivity index (χ4v) is 2.70. The Hall–Kier alpha value is -4.01. The predicted octanol–water partition coefficient (Wildman–Crippen LogP) is 2.29. The van der Waals surface area contributed by atoms with Gasteiger partial charge >= 0.3 is 0 Å². The lowest BCUT2D eigenvalue weighted by molar-refractivity contribution is -0.384. The van der Waals surface area contributed by atoms with E-state index in [1.165, 1.54) is 18.2 Å². The molecule has 2 aromatic carbocycles. The van der Waals surface area contributed by atoms with Gasteiger partial charge in [-0.2, -0.15) is 5.10 Å². The molecule has 0 radical (unpaired) electrons. The molecule has 0 spiro atoms. The van der Waals surface area contributed by atoms with Crippen LogP contribution in [0.2, 0.25) is 0 Å². The summed E-state index contributed by atoms with van der Waals surface area (Å²) in [5, 5.41) is 20.6. The van der Waals surface area contributed by atoms with Crippen LogP contribution < -0.4 is 16.1 Å². The molecule has 0 saturated heterocycles. The number of nitrogens with one attached hydrogen (secondary N) is 2. The number of rotatable bonds is 7. The third-order valence-electron chi connectivity index (χ3n) is 4.14. The number of aryl methyl sites for hydroxylation is 1. The van der Waals surface area contributed by atoms with Crippen molar-refractivity contribution in [3.8, 4) is 5.69 Å². The number of nitro groups is 1. The van der Waals surface area contributed by atoms with E-state index >= 15 is 0 Å². The van der Waals surface area contributed by atoms with E-state index in [0.29, 0.717) is 17.9 Å². The topological polar surface area (TPSA) is 119 Å². The van der Waals surface area contributed by atoms with Crippen LogP contribution in [0.5, 0.6) is 0 Å². The largest absolute Gasteiger partial charge is 0.383 e. The Morgan fingerprint density at radius 2 is 1.79 bits per heavy atom. The lowest BCUT2D eigenvalue weighted by Crippen LogP contribution is -2.34. The zero-order valence-corrected chi connectivity index (χ0v) is 15.7. The standard InChI is InChI=1S/C20H19N5O4/c1-14-13-18(26)19(23-24(14)16-5-3-2-4-6-16)20(27)22-12-11-21-15-7-9-17(10-8-15)25(28)29/h2-10,13,21H,11-12H2,1H3,(H,22,27). The van der Waals surface area contributed by atoms with Gasteiger partial charge in [0.2, 0.25) is 5.43 Å². The fourth-order valence-electron chi connectivity index (χ4n) is 2.70. The average molecular weight is 393 g/mol. The number of hydrogen-bond donors (Lipinski definition) is 2. The van der Waals surface area contributed by atoms with Crippen molar-refractivity contribution in [2.24, 2.45) is 0 Å². The number of non-ortho nitro benzene ring substituents is 1. The highest BCUT2D eigenvalue weighted by Crippen LogP contribution is 2.14. The first-order valence-electron chi connectivity index (χ1n) is 8.88. The first-order valence-corrected chi connectivity index (χ1v) is 8.88. The van der Waals surface area contributed by atoms with Gasteiger partial charge in [-0.1, -0.05) is 18.2 Å². The van der Waals surface area contributed by atoms with Crippen LogP contribution in [0.1, 0.15) is 16.2 Å². The molecule has 9 heteroatoms. The van der Waals surface area contributed by atoms with E-state index in [1.807, 2.05) is 30.3 Å². The Labute approximate surface area is 166 Å². The molecule has 9 nitrogen and oxygen atoms in total. The molecule has 1 heterocycles. The second-order valence-corrected chi connectivity index (χ2v) is 6.23. The Morgan fingerprint density at radius 1 is 1.10 bits per heavy atom. The lowest BCUT2D eigenvalue weighted by Gasteiger charge is -2.11. The molecule has 0 atom stereocenters. The number of hydrogen-bond acceptors (Lipinski definition) is 6. The summed E-state index contributed by atoms with van der Waals surface area (Å²) in [7, 11) is 0. The highest BCUT2D eigenvalue weighted by Gasteiger charge is 2.14. The summed E-state index contributed by atoms with van der Waals surface area (Å²) < 4.78 is 1.55. The highest BCUT2D eigenvalue weighted by molar-refractivity contribution is 5.92. The Balaban J connectivity index is 1.62. The summed E-state index contributed by atoms with van der Waals surface area (Å²) in [5.41, 5.74) is 1.43. The number of amides is 1. The fraction of sp³-hybridized carbons (Fsp3) is 0.150. The number of carbonyl (C=O) groups excluding carboxylic acids is 1. The minimum Gasteiger partial charge on any atom is -0.383 e. The third kappa shape index (κ3) is 4.83. The third-order valence-corrected chi connectivity index (χ3v) is 4.14. The van der Waals surface area contributed by atoms with E-state index in [2.05, 4.69) is 15.7 Å². The van der Waals surface area contributed by atoms with E-state index in [-0.39, 0.29) is 17.9 Å². The predicted molar refractivity (Wildman–Crippen MR) is 108 cm³/mol. The van der Waals surface area contributed by atoms with Crippen LogP contribution in [0.4, 0.5) is 11.4 Å². The summed E-state index contributed by atoms with van der Waals surface area (Å²) >= 11 is 0. The molecule has 3 rings (SSSR count). The van der Waals surface area contributed by atoms with Crippen LogP contribution in [-0.4, -0.2) is 33.7 Å². The van der Waals surface area contributed by atoms with Gasteiger partial charge in [0, 0.05) is 42.7 Å².